The summed E-state index contributed by atoms with van der Waals surface area (Å²) in [4.78, 5) is 39.4. The Labute approximate surface area is 329 Å². The van der Waals surface area contributed by atoms with Crippen LogP contribution in [0.2, 0.25) is 0 Å². The maximum atomic E-state index is 13.2. The lowest BCUT2D eigenvalue weighted by Gasteiger charge is -2.37. The quantitative estimate of drug-likeness (QED) is 0.100. The SMILES string of the molecule is COc1ccc(C(OC[C@H]2O[C@@H](n3cnc4c(NC(=O)c5ccccc5)ncnc43)[C@H](OC(=O)OC(C)(C)C)[C@@H]2O)(c2ccccc2)c2ccc(OC)cc2)cc1. The highest BCUT2D eigenvalue weighted by Gasteiger charge is 2.50. The first-order valence-corrected chi connectivity index (χ1v) is 18.3. The molecule has 2 aromatic heterocycles. The molecule has 0 aliphatic carbocycles. The number of carbonyl (C=O) groups excluding carboxylic acids is 2. The highest BCUT2D eigenvalue weighted by molar-refractivity contribution is 6.06. The van der Waals surface area contributed by atoms with Gasteiger partial charge in [0, 0.05) is 5.56 Å². The number of carbonyl (C=O) groups is 2. The van der Waals surface area contributed by atoms with E-state index in [9.17, 15) is 14.7 Å². The standard InChI is InChI=1S/C43H43N5O9/c1-42(2,3)57-41(51)56-36-35(49)33(55-40(36)48-26-46-34-37(44-25-45-38(34)48)47-39(50)27-12-8-6-9-13-27)24-54-43(28-14-10-7-11-15-28,29-16-20-31(52-4)21-17-29)30-18-22-32(53-5)23-19-30/h6-23,25-26,33,35-36,40,49H,24H2,1-5H3,(H,44,45,47,50)/t33-,35-,36-,40-/m1/s1. The second kappa shape index (κ2) is 16.4. The van der Waals surface area contributed by atoms with Gasteiger partial charge in [-0.15, -0.1) is 0 Å². The van der Waals surface area contributed by atoms with Crippen molar-refractivity contribution in [3.8, 4) is 11.5 Å². The summed E-state index contributed by atoms with van der Waals surface area (Å²) >= 11 is 0. The zero-order valence-corrected chi connectivity index (χ0v) is 32.1. The Kier molecular flexibility index (Phi) is 11.2. The Bertz CT molecular complexity index is 2250. The minimum absolute atomic E-state index is 0.155. The molecule has 0 saturated carbocycles. The summed E-state index contributed by atoms with van der Waals surface area (Å²) in [6.07, 6.45) is -3.26. The van der Waals surface area contributed by atoms with Gasteiger partial charge in [-0.25, -0.2) is 19.7 Å². The fourth-order valence-corrected chi connectivity index (χ4v) is 6.77. The molecule has 14 heteroatoms. The van der Waals surface area contributed by atoms with Crippen LogP contribution < -0.4 is 14.8 Å². The van der Waals surface area contributed by atoms with Crippen LogP contribution in [0.3, 0.4) is 0 Å². The van der Waals surface area contributed by atoms with E-state index in [4.69, 9.17) is 28.4 Å². The fraction of sp³-hybridized carbons (Fsp3) is 0.279. The van der Waals surface area contributed by atoms with Gasteiger partial charge in [-0.05, 0) is 73.9 Å². The molecule has 0 spiro atoms. The first kappa shape index (κ1) is 38.9. The van der Waals surface area contributed by atoms with Crippen LogP contribution in [0.4, 0.5) is 10.6 Å². The predicted molar refractivity (Wildman–Crippen MR) is 209 cm³/mol. The number of aliphatic hydroxyl groups excluding tert-OH is 1. The number of ether oxygens (including phenoxy) is 6. The van der Waals surface area contributed by atoms with Gasteiger partial charge >= 0.3 is 6.16 Å². The maximum absolute atomic E-state index is 13.2. The zero-order chi connectivity index (χ0) is 40.2. The molecule has 4 aromatic carbocycles. The van der Waals surface area contributed by atoms with Crippen LogP contribution in [0.15, 0.2) is 122 Å². The Morgan fingerprint density at radius 1 is 0.789 bits per heavy atom. The molecule has 57 heavy (non-hydrogen) atoms. The molecule has 0 bridgehead atoms. The Morgan fingerprint density at radius 3 is 1.95 bits per heavy atom. The number of nitrogens with one attached hydrogen (secondary N) is 1. The van der Waals surface area contributed by atoms with Crippen molar-refractivity contribution in [2.75, 3.05) is 26.1 Å². The normalized spacial score (nSPS) is 18.2. The lowest BCUT2D eigenvalue weighted by Crippen LogP contribution is -2.41. The van der Waals surface area contributed by atoms with Gasteiger partial charge in [-0.2, -0.15) is 0 Å². The van der Waals surface area contributed by atoms with Crippen LogP contribution >= 0.6 is 0 Å². The van der Waals surface area contributed by atoms with Crippen LogP contribution in [0.5, 0.6) is 11.5 Å². The third kappa shape index (κ3) is 8.14. The van der Waals surface area contributed by atoms with Gasteiger partial charge in [0.15, 0.2) is 29.3 Å². The number of anilines is 1. The number of fused-ring (bicyclic) bond motifs is 1. The van der Waals surface area contributed by atoms with Gasteiger partial charge in [-0.3, -0.25) is 9.36 Å². The lowest BCUT2D eigenvalue weighted by atomic mass is 9.80. The molecular weight excluding hydrogens is 730 g/mol. The molecule has 0 unspecified atom stereocenters. The van der Waals surface area contributed by atoms with E-state index in [1.807, 2.05) is 84.9 Å². The van der Waals surface area contributed by atoms with Crippen molar-refractivity contribution in [3.63, 3.8) is 0 Å². The molecule has 2 N–H and O–H groups in total. The van der Waals surface area contributed by atoms with Gasteiger partial charge in [0.2, 0.25) is 0 Å². The zero-order valence-electron chi connectivity index (χ0n) is 32.1. The van der Waals surface area contributed by atoms with Gasteiger partial charge in [0.25, 0.3) is 5.91 Å². The van der Waals surface area contributed by atoms with Crippen molar-refractivity contribution in [2.45, 2.75) is 56.5 Å². The van der Waals surface area contributed by atoms with Crippen LogP contribution in [0.25, 0.3) is 11.2 Å². The largest absolute Gasteiger partial charge is 0.509 e. The summed E-state index contributed by atoms with van der Waals surface area (Å²) in [6, 6.07) is 33.4. The highest BCUT2D eigenvalue weighted by atomic mass is 16.7. The predicted octanol–water partition coefficient (Wildman–Crippen LogP) is 6.68. The molecule has 294 valence electrons. The van der Waals surface area contributed by atoms with E-state index in [1.54, 1.807) is 59.3 Å². The summed E-state index contributed by atoms with van der Waals surface area (Å²) in [7, 11) is 3.20. The van der Waals surface area contributed by atoms with E-state index in [-0.39, 0.29) is 23.6 Å². The van der Waals surface area contributed by atoms with Gasteiger partial charge < -0.3 is 38.8 Å². The molecule has 6 aromatic rings. The van der Waals surface area contributed by atoms with Crippen LogP contribution in [0.1, 0.15) is 54.0 Å². The molecule has 14 nitrogen and oxygen atoms in total. The summed E-state index contributed by atoms with van der Waals surface area (Å²) in [6.45, 7) is 4.93. The summed E-state index contributed by atoms with van der Waals surface area (Å²) in [5.41, 5.74) is 1.15. The molecule has 1 aliphatic heterocycles. The van der Waals surface area contributed by atoms with Crippen molar-refractivity contribution in [2.24, 2.45) is 0 Å². The maximum Gasteiger partial charge on any atom is 0.509 e. The fourth-order valence-electron chi connectivity index (χ4n) is 6.77. The summed E-state index contributed by atoms with van der Waals surface area (Å²) in [5, 5.41) is 14.8. The van der Waals surface area contributed by atoms with E-state index in [0.717, 1.165) is 16.7 Å². The van der Waals surface area contributed by atoms with E-state index in [2.05, 4.69) is 20.3 Å². The van der Waals surface area contributed by atoms with Crippen molar-refractivity contribution < 1.29 is 43.1 Å². The first-order valence-electron chi connectivity index (χ1n) is 18.3. The number of aliphatic hydroxyl groups is 1. The second-order valence-electron chi connectivity index (χ2n) is 14.3. The number of amides is 1. The van der Waals surface area contributed by atoms with Crippen molar-refractivity contribution in [1.29, 1.82) is 0 Å². The summed E-state index contributed by atoms with van der Waals surface area (Å²) in [5.74, 6) is 1.09. The van der Waals surface area contributed by atoms with E-state index < -0.39 is 47.8 Å². The molecule has 7 rings (SSSR count). The van der Waals surface area contributed by atoms with E-state index in [1.165, 1.54) is 17.2 Å². The highest BCUT2D eigenvalue weighted by Crippen LogP contribution is 2.43. The summed E-state index contributed by atoms with van der Waals surface area (Å²) < 4.78 is 37.4. The molecule has 0 radical (unpaired) electrons. The van der Waals surface area contributed by atoms with Gasteiger partial charge in [0.05, 0.1) is 27.2 Å². The number of hydrogen-bond acceptors (Lipinski definition) is 12. The van der Waals surface area contributed by atoms with Crippen LogP contribution in [0, 0.1) is 0 Å². The molecule has 1 amide bonds. The molecule has 1 aliphatic rings. The molecule has 4 atom stereocenters. The Balaban J connectivity index is 1.26. The van der Waals surface area contributed by atoms with Gasteiger partial charge in [-0.1, -0.05) is 72.8 Å². The number of hydrogen-bond donors (Lipinski definition) is 2. The molecule has 1 fully saturated rings. The first-order chi connectivity index (χ1) is 27.5. The second-order valence-corrected chi connectivity index (χ2v) is 14.3. The average Bonchev–Trinajstić information content (AvgIpc) is 3.79. The molecule has 3 heterocycles. The van der Waals surface area contributed by atoms with Gasteiger partial charge in [0.1, 0.15) is 41.2 Å². The van der Waals surface area contributed by atoms with Crippen molar-refractivity contribution in [3.05, 3.63) is 144 Å². The number of methoxy groups -OCH3 is 2. The average molecular weight is 774 g/mol. The van der Waals surface area contributed by atoms with E-state index in [0.29, 0.717) is 17.1 Å². The van der Waals surface area contributed by atoms with Crippen LogP contribution in [-0.4, -0.2) is 81.4 Å². The molecule has 1 saturated heterocycles. The minimum Gasteiger partial charge on any atom is -0.497 e. The number of nitrogens with zero attached hydrogens (tertiary/aromatic N) is 4. The number of benzene rings is 4. The molecular formula is C43H43N5O9. The van der Waals surface area contributed by atoms with E-state index >= 15 is 0 Å². The number of rotatable bonds is 12. The van der Waals surface area contributed by atoms with Crippen molar-refractivity contribution >= 4 is 29.0 Å². The Morgan fingerprint density at radius 2 is 1.37 bits per heavy atom. The third-order valence-corrected chi connectivity index (χ3v) is 9.47. The van der Waals surface area contributed by atoms with Crippen LogP contribution in [-0.2, 0) is 24.5 Å². The topological polar surface area (TPSA) is 165 Å². The smallest absolute Gasteiger partial charge is 0.497 e. The minimum atomic E-state index is -1.42. The third-order valence-electron chi connectivity index (χ3n) is 9.47. The number of imidazole rings is 1. The lowest BCUT2D eigenvalue weighted by molar-refractivity contribution is -0.0961. The Hall–Kier alpha value is -6.35. The van der Waals surface area contributed by atoms with Crippen molar-refractivity contribution in [1.82, 2.24) is 19.5 Å². The number of aromatic nitrogens is 4. The monoisotopic (exact) mass is 773 g/mol.